The summed E-state index contributed by atoms with van der Waals surface area (Å²) in [6.07, 6.45) is 3.13. The van der Waals surface area contributed by atoms with Gasteiger partial charge in [-0.1, -0.05) is 56.8 Å². The van der Waals surface area contributed by atoms with E-state index < -0.39 is 25.7 Å². The second-order valence-corrected chi connectivity index (χ2v) is 12.9. The summed E-state index contributed by atoms with van der Waals surface area (Å²) in [5.41, 5.74) is 4.03. The Hall–Kier alpha value is -0.780. The lowest BCUT2D eigenvalue weighted by molar-refractivity contribution is 0.409. The Morgan fingerprint density at radius 2 is 1.06 bits per heavy atom. The molecule has 0 atom stereocenters. The topological polar surface area (TPSA) is 109 Å². The van der Waals surface area contributed by atoms with Crippen LogP contribution in [-0.2, 0) is 25.7 Å². The third-order valence-corrected chi connectivity index (χ3v) is 8.39. The highest BCUT2D eigenvalue weighted by atomic mass is 79.9. The molecular weight excluding hydrogens is 572 g/mol. The van der Waals surface area contributed by atoms with Gasteiger partial charge in [0.1, 0.15) is 0 Å². The number of halogens is 2. The van der Waals surface area contributed by atoms with Crippen molar-refractivity contribution in [3.05, 3.63) is 56.5 Å². The number of hydrogen-bond donors (Lipinski definition) is 2. The summed E-state index contributed by atoms with van der Waals surface area (Å²) in [7, 11) is -8.04. The Morgan fingerprint density at radius 3 is 1.42 bits per heavy atom. The fourth-order valence-corrected chi connectivity index (χ4v) is 6.39. The highest BCUT2D eigenvalue weighted by Gasteiger charge is 2.42. The van der Waals surface area contributed by atoms with Crippen LogP contribution in [0.2, 0.25) is 0 Å². The van der Waals surface area contributed by atoms with E-state index in [9.17, 15) is 16.8 Å². The molecule has 0 radical (unpaired) electrons. The van der Waals surface area contributed by atoms with Gasteiger partial charge < -0.3 is 0 Å². The van der Waals surface area contributed by atoms with Crippen molar-refractivity contribution in [2.45, 2.75) is 43.9 Å². The summed E-state index contributed by atoms with van der Waals surface area (Å²) in [6.45, 7) is 0. The molecule has 0 saturated heterocycles. The standard InChI is InChI=1S/C21H24Br2O6S2/c22-15-5-7-17-18-8-6-16(23)14-20(18)21(19(17)13-15,9-1-3-11-30(24,25)26)10-2-4-12-31(27,28)29/h5-8,13-14H,1-4,9-12H2,(H,24,25,26)(H,27,28,29). The quantitative estimate of drug-likeness (QED) is 0.273. The van der Waals surface area contributed by atoms with Crippen LogP contribution < -0.4 is 0 Å². The molecule has 31 heavy (non-hydrogen) atoms. The van der Waals surface area contributed by atoms with E-state index in [1.54, 1.807) is 0 Å². The van der Waals surface area contributed by atoms with E-state index in [1.807, 2.05) is 12.1 Å². The molecule has 0 aliphatic heterocycles. The van der Waals surface area contributed by atoms with Crippen molar-refractivity contribution >= 4 is 52.1 Å². The van der Waals surface area contributed by atoms with Crippen molar-refractivity contribution in [1.29, 1.82) is 0 Å². The Morgan fingerprint density at radius 1 is 0.677 bits per heavy atom. The van der Waals surface area contributed by atoms with Gasteiger partial charge in [0.25, 0.3) is 20.2 Å². The predicted octanol–water partition coefficient (Wildman–Crippen LogP) is 5.59. The van der Waals surface area contributed by atoms with Crippen LogP contribution in [0.5, 0.6) is 0 Å². The minimum Gasteiger partial charge on any atom is -0.286 e. The van der Waals surface area contributed by atoms with Crippen molar-refractivity contribution in [1.82, 2.24) is 0 Å². The Labute approximate surface area is 200 Å². The third-order valence-electron chi connectivity index (χ3n) is 5.80. The second kappa shape index (κ2) is 9.61. The van der Waals surface area contributed by atoms with Gasteiger partial charge in [0, 0.05) is 14.4 Å². The third kappa shape index (κ3) is 6.17. The number of hydrogen-bond acceptors (Lipinski definition) is 4. The highest BCUT2D eigenvalue weighted by Crippen LogP contribution is 2.55. The van der Waals surface area contributed by atoms with Gasteiger partial charge in [0.2, 0.25) is 0 Å². The number of rotatable bonds is 10. The van der Waals surface area contributed by atoms with E-state index >= 15 is 0 Å². The van der Waals surface area contributed by atoms with E-state index in [0.717, 1.165) is 31.2 Å². The van der Waals surface area contributed by atoms with Crippen LogP contribution in [0.1, 0.15) is 49.7 Å². The molecule has 3 rings (SSSR count). The van der Waals surface area contributed by atoms with Gasteiger partial charge in [-0.2, -0.15) is 16.8 Å². The zero-order valence-electron chi connectivity index (χ0n) is 16.7. The summed E-state index contributed by atoms with van der Waals surface area (Å²) >= 11 is 7.12. The Bertz CT molecular complexity index is 1080. The first kappa shape index (κ1) is 24.9. The first-order valence-corrected chi connectivity index (χ1v) is 14.7. The first-order valence-electron chi connectivity index (χ1n) is 9.92. The van der Waals surface area contributed by atoms with Crippen LogP contribution in [-0.4, -0.2) is 37.4 Å². The van der Waals surface area contributed by atoms with Gasteiger partial charge in [-0.25, -0.2) is 0 Å². The van der Waals surface area contributed by atoms with Crippen molar-refractivity contribution in [2.75, 3.05) is 11.5 Å². The zero-order valence-corrected chi connectivity index (χ0v) is 21.5. The SMILES string of the molecule is O=S(=O)(O)CCCCC1(CCCCS(=O)(=O)O)c2cc(Br)ccc2-c2ccc(Br)cc21. The predicted molar refractivity (Wildman–Crippen MR) is 129 cm³/mol. The average molecular weight is 596 g/mol. The molecule has 0 saturated carbocycles. The van der Waals surface area contributed by atoms with Gasteiger partial charge in [0.15, 0.2) is 0 Å². The molecule has 6 nitrogen and oxygen atoms in total. The fourth-order valence-electron chi connectivity index (χ4n) is 4.53. The van der Waals surface area contributed by atoms with E-state index in [1.165, 1.54) is 0 Å². The zero-order chi connectivity index (χ0) is 22.9. The first-order chi connectivity index (χ1) is 14.4. The summed E-state index contributed by atoms with van der Waals surface area (Å²) < 4.78 is 64.7. The summed E-state index contributed by atoms with van der Waals surface area (Å²) in [4.78, 5) is 0. The second-order valence-electron chi connectivity index (χ2n) is 7.95. The van der Waals surface area contributed by atoms with E-state index in [0.29, 0.717) is 38.5 Å². The lowest BCUT2D eigenvalue weighted by Crippen LogP contribution is -2.26. The van der Waals surface area contributed by atoms with E-state index in [4.69, 9.17) is 9.11 Å². The highest BCUT2D eigenvalue weighted by molar-refractivity contribution is 9.10. The fraction of sp³-hybridized carbons (Fsp3) is 0.429. The minimum absolute atomic E-state index is 0.289. The van der Waals surface area contributed by atoms with Gasteiger partial charge in [-0.05, 0) is 72.2 Å². The average Bonchev–Trinajstić information content (AvgIpc) is 2.90. The smallest absolute Gasteiger partial charge is 0.264 e. The van der Waals surface area contributed by atoms with Crippen LogP contribution in [0.15, 0.2) is 45.3 Å². The molecule has 2 aromatic rings. The molecule has 0 aromatic heterocycles. The van der Waals surface area contributed by atoms with Crippen LogP contribution in [0.3, 0.4) is 0 Å². The Balaban J connectivity index is 1.99. The van der Waals surface area contributed by atoms with E-state index in [-0.39, 0.29) is 11.5 Å². The van der Waals surface area contributed by atoms with Gasteiger partial charge >= 0.3 is 0 Å². The number of unbranched alkanes of at least 4 members (excludes halogenated alkanes) is 2. The molecule has 1 aliphatic carbocycles. The minimum atomic E-state index is -4.02. The van der Waals surface area contributed by atoms with E-state index in [2.05, 4.69) is 56.1 Å². The van der Waals surface area contributed by atoms with Gasteiger partial charge in [-0.15, -0.1) is 0 Å². The summed E-state index contributed by atoms with van der Waals surface area (Å²) in [6, 6.07) is 12.2. The molecule has 0 fully saturated rings. The molecule has 1 aliphatic rings. The van der Waals surface area contributed by atoms with Crippen LogP contribution in [0.25, 0.3) is 11.1 Å². The summed E-state index contributed by atoms with van der Waals surface area (Å²) in [5, 5.41) is 0. The molecule has 0 amide bonds. The van der Waals surface area contributed by atoms with Crippen molar-refractivity contribution in [3.8, 4) is 11.1 Å². The Kier molecular flexibility index (Phi) is 7.70. The lowest BCUT2D eigenvalue weighted by Gasteiger charge is -2.33. The van der Waals surface area contributed by atoms with Crippen LogP contribution in [0.4, 0.5) is 0 Å². The monoisotopic (exact) mass is 594 g/mol. The molecule has 2 aromatic carbocycles. The lowest BCUT2D eigenvalue weighted by atomic mass is 9.71. The number of benzene rings is 2. The number of fused-ring (bicyclic) bond motifs is 3. The largest absolute Gasteiger partial charge is 0.286 e. The van der Waals surface area contributed by atoms with Gasteiger partial charge in [0.05, 0.1) is 11.5 Å². The van der Waals surface area contributed by atoms with Crippen LogP contribution >= 0.6 is 31.9 Å². The summed E-state index contributed by atoms with van der Waals surface area (Å²) in [5.74, 6) is -0.578. The van der Waals surface area contributed by atoms with Crippen LogP contribution in [0, 0.1) is 0 Å². The molecule has 0 bridgehead atoms. The maximum absolute atomic E-state index is 11.2. The van der Waals surface area contributed by atoms with Crippen molar-refractivity contribution in [2.24, 2.45) is 0 Å². The molecule has 0 heterocycles. The molecule has 2 N–H and O–H groups in total. The molecular formula is C21H24Br2O6S2. The van der Waals surface area contributed by atoms with Gasteiger partial charge in [-0.3, -0.25) is 9.11 Å². The molecule has 10 heteroatoms. The molecule has 170 valence electrons. The molecule has 0 spiro atoms. The normalized spacial score (nSPS) is 15.0. The maximum Gasteiger partial charge on any atom is 0.264 e. The van der Waals surface area contributed by atoms with Crippen molar-refractivity contribution < 1.29 is 25.9 Å². The maximum atomic E-state index is 11.2. The molecule has 0 unspecified atom stereocenters. The van der Waals surface area contributed by atoms with Crippen molar-refractivity contribution in [3.63, 3.8) is 0 Å².